The van der Waals surface area contributed by atoms with Crippen LogP contribution in [0.15, 0.2) is 53.7 Å². The third kappa shape index (κ3) is 5.34. The summed E-state index contributed by atoms with van der Waals surface area (Å²) in [7, 11) is 0. The van der Waals surface area contributed by atoms with Crippen molar-refractivity contribution < 1.29 is 9.53 Å². The van der Waals surface area contributed by atoms with Gasteiger partial charge in [-0.05, 0) is 27.7 Å². The van der Waals surface area contributed by atoms with Crippen molar-refractivity contribution in [1.29, 1.82) is 0 Å². The Hall–Kier alpha value is -2.77. The highest BCUT2D eigenvalue weighted by atomic mass is 32.2. The van der Waals surface area contributed by atoms with E-state index in [-0.39, 0.29) is 23.9 Å². The Morgan fingerprint density at radius 2 is 1.44 bits per heavy atom. The Morgan fingerprint density at radius 3 is 2.00 bits per heavy atom. The predicted octanol–water partition coefficient (Wildman–Crippen LogP) is 4.55. The zero-order chi connectivity index (χ0) is 22.7. The molecule has 0 spiro atoms. The van der Waals surface area contributed by atoms with E-state index in [4.69, 9.17) is 9.72 Å². The van der Waals surface area contributed by atoms with E-state index < -0.39 is 0 Å². The Bertz CT molecular complexity index is 1080. The zero-order valence-corrected chi connectivity index (χ0v) is 19.7. The molecule has 1 amide bonds. The van der Waals surface area contributed by atoms with Crippen molar-refractivity contribution in [3.8, 4) is 22.5 Å². The van der Waals surface area contributed by atoms with Gasteiger partial charge >= 0.3 is 0 Å². The molecule has 166 valence electrons. The molecule has 0 unspecified atom stereocenters. The number of benzene rings is 2. The first-order chi connectivity index (χ1) is 15.4. The van der Waals surface area contributed by atoms with Gasteiger partial charge in [0.25, 0.3) is 0 Å². The summed E-state index contributed by atoms with van der Waals surface area (Å²) >= 11 is 1.33. The second-order valence-corrected chi connectivity index (χ2v) is 9.31. The second kappa shape index (κ2) is 9.79. The number of ether oxygens (including phenoxy) is 1. The van der Waals surface area contributed by atoms with E-state index in [0.29, 0.717) is 18.2 Å². The molecular formula is C25H28N4O2S. The molecule has 2 aromatic carbocycles. The van der Waals surface area contributed by atoms with Crippen LogP contribution in [0.3, 0.4) is 0 Å². The first kappa shape index (κ1) is 22.4. The molecule has 0 N–H and O–H groups in total. The predicted molar refractivity (Wildman–Crippen MR) is 127 cm³/mol. The minimum atomic E-state index is 0.0487. The number of hydrogen-bond donors (Lipinski definition) is 0. The second-order valence-electron chi connectivity index (χ2n) is 8.37. The first-order valence-corrected chi connectivity index (χ1v) is 11.8. The van der Waals surface area contributed by atoms with Crippen molar-refractivity contribution in [2.75, 3.05) is 18.8 Å². The molecule has 1 saturated heterocycles. The molecule has 0 bridgehead atoms. The molecule has 1 fully saturated rings. The number of carbonyl (C=O) groups is 1. The summed E-state index contributed by atoms with van der Waals surface area (Å²) in [5, 5.41) is 9.35. The topological polar surface area (TPSA) is 68.2 Å². The van der Waals surface area contributed by atoms with Gasteiger partial charge in [0.05, 0.1) is 18.0 Å². The number of morpholine rings is 1. The number of aromatic nitrogens is 3. The molecular weight excluding hydrogens is 420 g/mol. The van der Waals surface area contributed by atoms with E-state index in [1.54, 1.807) is 0 Å². The van der Waals surface area contributed by atoms with Gasteiger partial charge < -0.3 is 9.64 Å². The summed E-state index contributed by atoms with van der Waals surface area (Å²) in [6.45, 7) is 9.33. The summed E-state index contributed by atoms with van der Waals surface area (Å²) in [6, 6.07) is 16.4. The van der Waals surface area contributed by atoms with Crippen LogP contribution in [0.4, 0.5) is 0 Å². The summed E-state index contributed by atoms with van der Waals surface area (Å²) < 4.78 is 5.73. The van der Waals surface area contributed by atoms with Crippen molar-refractivity contribution in [1.82, 2.24) is 20.1 Å². The molecule has 7 heteroatoms. The number of amides is 1. The standard InChI is InChI=1S/C25H28N4O2S/c1-16-5-9-20(10-6-16)23-24(21-11-7-17(2)8-12-21)27-28-25(26-23)32-15-22(30)29-13-18(3)31-19(4)14-29/h5-12,18-19H,13-15H2,1-4H3/t18-,19-/m0/s1. The van der Waals surface area contributed by atoms with Gasteiger partial charge in [-0.1, -0.05) is 71.4 Å². The number of thioether (sulfide) groups is 1. The fraction of sp³-hybridized carbons (Fsp3) is 0.360. The lowest BCUT2D eigenvalue weighted by molar-refractivity contribution is -0.140. The molecule has 6 nitrogen and oxygen atoms in total. The largest absolute Gasteiger partial charge is 0.372 e. The Labute approximate surface area is 193 Å². The molecule has 2 heterocycles. The van der Waals surface area contributed by atoms with Gasteiger partial charge in [-0.25, -0.2) is 4.98 Å². The zero-order valence-electron chi connectivity index (χ0n) is 18.9. The summed E-state index contributed by atoms with van der Waals surface area (Å²) in [4.78, 5) is 19.4. The Kier molecular flexibility index (Phi) is 6.86. The molecule has 32 heavy (non-hydrogen) atoms. The van der Waals surface area contributed by atoms with Crippen molar-refractivity contribution in [2.45, 2.75) is 45.1 Å². The molecule has 0 saturated carbocycles. The SMILES string of the molecule is Cc1ccc(-c2nnc(SCC(=O)N3C[C@H](C)O[C@@H](C)C3)nc2-c2ccc(C)cc2)cc1. The van der Waals surface area contributed by atoms with E-state index in [1.165, 1.54) is 22.9 Å². The first-order valence-electron chi connectivity index (χ1n) is 10.8. The highest BCUT2D eigenvalue weighted by Crippen LogP contribution is 2.30. The number of carbonyl (C=O) groups excluding carboxylic acids is 1. The van der Waals surface area contributed by atoms with E-state index in [1.807, 2.05) is 43.0 Å². The molecule has 0 aliphatic carbocycles. The normalized spacial score (nSPS) is 18.6. The van der Waals surface area contributed by atoms with Crippen LogP contribution in [0, 0.1) is 13.8 Å². The van der Waals surface area contributed by atoms with Crippen LogP contribution in [-0.4, -0.2) is 57.0 Å². The summed E-state index contributed by atoms with van der Waals surface area (Å²) in [5.74, 6) is 0.346. The van der Waals surface area contributed by atoms with Crippen LogP contribution in [0.1, 0.15) is 25.0 Å². The van der Waals surface area contributed by atoms with Crippen LogP contribution in [-0.2, 0) is 9.53 Å². The lowest BCUT2D eigenvalue weighted by atomic mass is 10.0. The van der Waals surface area contributed by atoms with Crippen LogP contribution in [0.2, 0.25) is 0 Å². The number of rotatable bonds is 5. The number of nitrogens with zero attached hydrogens (tertiary/aromatic N) is 4. The third-order valence-corrected chi connectivity index (χ3v) is 6.24. The van der Waals surface area contributed by atoms with Gasteiger partial charge in [-0.2, -0.15) is 0 Å². The third-order valence-electron chi connectivity index (χ3n) is 5.41. The van der Waals surface area contributed by atoms with Crippen LogP contribution >= 0.6 is 11.8 Å². The van der Waals surface area contributed by atoms with Gasteiger partial charge in [-0.15, -0.1) is 10.2 Å². The maximum atomic E-state index is 12.7. The molecule has 4 rings (SSSR count). The lowest BCUT2D eigenvalue weighted by Crippen LogP contribution is -2.48. The van der Waals surface area contributed by atoms with Crippen molar-refractivity contribution in [3.05, 3.63) is 59.7 Å². The van der Waals surface area contributed by atoms with Gasteiger partial charge in [-0.3, -0.25) is 4.79 Å². The van der Waals surface area contributed by atoms with Gasteiger partial charge in [0.2, 0.25) is 11.1 Å². The molecule has 3 aromatic rings. The Balaban J connectivity index is 1.58. The monoisotopic (exact) mass is 448 g/mol. The Morgan fingerprint density at radius 1 is 0.906 bits per heavy atom. The molecule has 1 aliphatic rings. The average Bonchev–Trinajstić information content (AvgIpc) is 2.78. The fourth-order valence-corrected chi connectivity index (χ4v) is 4.48. The minimum absolute atomic E-state index is 0.0487. The summed E-state index contributed by atoms with van der Waals surface area (Å²) in [6.07, 6.45) is 0.0973. The highest BCUT2D eigenvalue weighted by molar-refractivity contribution is 7.99. The molecule has 2 atom stereocenters. The lowest BCUT2D eigenvalue weighted by Gasteiger charge is -2.35. The van der Waals surface area contributed by atoms with Crippen LogP contribution in [0.5, 0.6) is 0 Å². The van der Waals surface area contributed by atoms with Crippen molar-refractivity contribution in [3.63, 3.8) is 0 Å². The molecule has 1 aliphatic heterocycles. The quantitative estimate of drug-likeness (QED) is 0.534. The van der Waals surface area contributed by atoms with Crippen LogP contribution in [0.25, 0.3) is 22.5 Å². The number of hydrogen-bond acceptors (Lipinski definition) is 6. The van der Waals surface area contributed by atoms with E-state index >= 15 is 0 Å². The van der Waals surface area contributed by atoms with E-state index in [0.717, 1.165) is 22.5 Å². The van der Waals surface area contributed by atoms with Crippen molar-refractivity contribution >= 4 is 17.7 Å². The molecule has 0 radical (unpaired) electrons. The van der Waals surface area contributed by atoms with E-state index in [2.05, 4.69) is 48.3 Å². The van der Waals surface area contributed by atoms with Gasteiger partial charge in [0.15, 0.2) is 0 Å². The van der Waals surface area contributed by atoms with Gasteiger partial charge in [0, 0.05) is 24.2 Å². The van der Waals surface area contributed by atoms with Gasteiger partial charge in [0.1, 0.15) is 11.4 Å². The minimum Gasteiger partial charge on any atom is -0.372 e. The van der Waals surface area contributed by atoms with Crippen molar-refractivity contribution in [2.24, 2.45) is 0 Å². The highest BCUT2D eigenvalue weighted by Gasteiger charge is 2.26. The fourth-order valence-electron chi connectivity index (χ4n) is 3.79. The maximum absolute atomic E-state index is 12.7. The number of aryl methyl sites for hydroxylation is 2. The van der Waals surface area contributed by atoms with E-state index in [9.17, 15) is 4.79 Å². The van der Waals surface area contributed by atoms with Crippen LogP contribution < -0.4 is 0 Å². The maximum Gasteiger partial charge on any atom is 0.233 e. The summed E-state index contributed by atoms with van der Waals surface area (Å²) in [5.41, 5.74) is 5.82. The molecule has 1 aromatic heterocycles. The smallest absolute Gasteiger partial charge is 0.233 e. The average molecular weight is 449 g/mol.